The summed E-state index contributed by atoms with van der Waals surface area (Å²) in [5.74, 6) is 1.04. The molecule has 1 aliphatic heterocycles. The number of anilines is 2. The SMILES string of the molecule is CCc1cc(CN)cc(N2CCCc3ccccc32)n1. The smallest absolute Gasteiger partial charge is 0.133 e. The lowest BCUT2D eigenvalue weighted by Gasteiger charge is -2.31. The van der Waals surface area contributed by atoms with Crippen molar-refractivity contribution >= 4 is 11.5 Å². The number of aromatic nitrogens is 1. The molecule has 1 aromatic heterocycles. The molecule has 20 heavy (non-hydrogen) atoms. The zero-order chi connectivity index (χ0) is 13.9. The number of nitrogens with zero attached hydrogens (tertiary/aromatic N) is 2. The second kappa shape index (κ2) is 5.63. The van der Waals surface area contributed by atoms with Gasteiger partial charge in [0.05, 0.1) is 0 Å². The highest BCUT2D eigenvalue weighted by molar-refractivity contribution is 5.65. The summed E-state index contributed by atoms with van der Waals surface area (Å²) >= 11 is 0. The van der Waals surface area contributed by atoms with Crippen LogP contribution < -0.4 is 10.6 Å². The summed E-state index contributed by atoms with van der Waals surface area (Å²) < 4.78 is 0. The topological polar surface area (TPSA) is 42.1 Å². The van der Waals surface area contributed by atoms with Crippen LogP contribution in [0.5, 0.6) is 0 Å². The first-order valence-corrected chi connectivity index (χ1v) is 7.37. The van der Waals surface area contributed by atoms with Gasteiger partial charge in [-0.05, 0) is 48.6 Å². The van der Waals surface area contributed by atoms with E-state index in [9.17, 15) is 0 Å². The average molecular weight is 267 g/mol. The van der Waals surface area contributed by atoms with Crippen molar-refractivity contribution in [3.05, 3.63) is 53.2 Å². The maximum absolute atomic E-state index is 5.82. The second-order valence-corrected chi connectivity index (χ2v) is 5.27. The molecule has 2 heterocycles. The van der Waals surface area contributed by atoms with E-state index in [0.29, 0.717) is 6.54 Å². The van der Waals surface area contributed by atoms with Gasteiger partial charge < -0.3 is 10.6 Å². The van der Waals surface area contributed by atoms with Crippen LogP contribution in [0.4, 0.5) is 11.5 Å². The molecule has 3 rings (SSSR count). The van der Waals surface area contributed by atoms with E-state index in [2.05, 4.69) is 48.2 Å². The molecule has 0 saturated carbocycles. The largest absolute Gasteiger partial charge is 0.326 e. The maximum atomic E-state index is 5.82. The molecule has 1 aromatic carbocycles. The van der Waals surface area contributed by atoms with Crippen LogP contribution in [0.25, 0.3) is 0 Å². The third-order valence-corrected chi connectivity index (χ3v) is 3.91. The lowest BCUT2D eigenvalue weighted by atomic mass is 10.0. The molecule has 3 nitrogen and oxygen atoms in total. The zero-order valence-corrected chi connectivity index (χ0v) is 12.0. The summed E-state index contributed by atoms with van der Waals surface area (Å²) in [4.78, 5) is 7.12. The van der Waals surface area contributed by atoms with E-state index in [1.54, 1.807) is 0 Å². The monoisotopic (exact) mass is 267 g/mol. The highest BCUT2D eigenvalue weighted by atomic mass is 15.2. The van der Waals surface area contributed by atoms with Gasteiger partial charge in [-0.1, -0.05) is 25.1 Å². The highest BCUT2D eigenvalue weighted by Gasteiger charge is 2.19. The van der Waals surface area contributed by atoms with E-state index in [1.807, 2.05) is 0 Å². The van der Waals surface area contributed by atoms with Crippen LogP contribution in [0, 0.1) is 0 Å². The minimum atomic E-state index is 0.567. The van der Waals surface area contributed by atoms with Crippen molar-refractivity contribution in [2.45, 2.75) is 32.7 Å². The van der Waals surface area contributed by atoms with Crippen LogP contribution in [0.1, 0.15) is 30.2 Å². The fraction of sp³-hybridized carbons (Fsp3) is 0.353. The van der Waals surface area contributed by atoms with E-state index >= 15 is 0 Å². The van der Waals surface area contributed by atoms with Crippen LogP contribution in [0.2, 0.25) is 0 Å². The third kappa shape index (κ3) is 2.41. The molecular formula is C17H21N3. The first kappa shape index (κ1) is 13.1. The number of fused-ring (bicyclic) bond motifs is 1. The number of para-hydroxylation sites is 1. The lowest BCUT2D eigenvalue weighted by molar-refractivity contribution is 0.756. The van der Waals surface area contributed by atoms with Gasteiger partial charge in [-0.3, -0.25) is 0 Å². The van der Waals surface area contributed by atoms with Gasteiger partial charge >= 0.3 is 0 Å². The summed E-state index contributed by atoms with van der Waals surface area (Å²) in [6.45, 7) is 3.73. The van der Waals surface area contributed by atoms with Gasteiger partial charge in [0, 0.05) is 24.5 Å². The zero-order valence-electron chi connectivity index (χ0n) is 12.0. The van der Waals surface area contributed by atoms with Gasteiger partial charge in [-0.25, -0.2) is 4.98 Å². The summed E-state index contributed by atoms with van der Waals surface area (Å²) in [5, 5.41) is 0. The Kier molecular flexibility index (Phi) is 3.70. The quantitative estimate of drug-likeness (QED) is 0.928. The van der Waals surface area contributed by atoms with Crippen molar-refractivity contribution in [3.8, 4) is 0 Å². The Morgan fingerprint density at radius 2 is 2.10 bits per heavy atom. The average Bonchev–Trinajstić information content (AvgIpc) is 2.53. The Balaban J connectivity index is 2.05. The van der Waals surface area contributed by atoms with Crippen molar-refractivity contribution in [2.24, 2.45) is 5.73 Å². The minimum Gasteiger partial charge on any atom is -0.326 e. The molecule has 104 valence electrons. The van der Waals surface area contributed by atoms with Gasteiger partial charge in [0.25, 0.3) is 0 Å². The molecule has 1 aliphatic rings. The summed E-state index contributed by atoms with van der Waals surface area (Å²) in [7, 11) is 0. The fourth-order valence-corrected chi connectivity index (χ4v) is 2.84. The van der Waals surface area contributed by atoms with E-state index in [1.165, 1.54) is 17.7 Å². The molecule has 0 fully saturated rings. The number of hydrogen-bond donors (Lipinski definition) is 1. The molecule has 0 saturated heterocycles. The molecule has 2 N–H and O–H groups in total. The third-order valence-electron chi connectivity index (χ3n) is 3.91. The number of nitrogens with two attached hydrogens (primary N) is 1. The Bertz CT molecular complexity index is 585. The predicted molar refractivity (Wildman–Crippen MR) is 83.3 cm³/mol. The van der Waals surface area contributed by atoms with E-state index < -0.39 is 0 Å². The number of aryl methyl sites for hydroxylation is 2. The Morgan fingerprint density at radius 3 is 2.90 bits per heavy atom. The molecule has 2 aromatic rings. The molecule has 0 amide bonds. The van der Waals surface area contributed by atoms with Crippen molar-refractivity contribution < 1.29 is 0 Å². The van der Waals surface area contributed by atoms with Crippen LogP contribution in [0.3, 0.4) is 0 Å². The highest BCUT2D eigenvalue weighted by Crippen LogP contribution is 2.32. The van der Waals surface area contributed by atoms with Crippen molar-refractivity contribution in [3.63, 3.8) is 0 Å². The summed E-state index contributed by atoms with van der Waals surface area (Å²) in [6.07, 6.45) is 3.27. The van der Waals surface area contributed by atoms with Gasteiger partial charge in [0.15, 0.2) is 0 Å². The molecule has 0 spiro atoms. The van der Waals surface area contributed by atoms with Crippen LogP contribution in [0.15, 0.2) is 36.4 Å². The van der Waals surface area contributed by atoms with E-state index in [4.69, 9.17) is 10.7 Å². The maximum Gasteiger partial charge on any atom is 0.133 e. The fourth-order valence-electron chi connectivity index (χ4n) is 2.84. The predicted octanol–water partition coefficient (Wildman–Crippen LogP) is 3.19. The van der Waals surface area contributed by atoms with Gasteiger partial charge in [0.1, 0.15) is 5.82 Å². The van der Waals surface area contributed by atoms with Crippen molar-refractivity contribution in [2.75, 3.05) is 11.4 Å². The second-order valence-electron chi connectivity index (χ2n) is 5.27. The Morgan fingerprint density at radius 1 is 1.25 bits per heavy atom. The van der Waals surface area contributed by atoms with E-state index in [-0.39, 0.29) is 0 Å². The first-order valence-electron chi connectivity index (χ1n) is 7.37. The number of benzene rings is 1. The minimum absolute atomic E-state index is 0.567. The van der Waals surface area contributed by atoms with Crippen LogP contribution >= 0.6 is 0 Å². The summed E-state index contributed by atoms with van der Waals surface area (Å²) in [5.41, 5.74) is 10.8. The molecule has 0 bridgehead atoms. The Hall–Kier alpha value is -1.87. The van der Waals surface area contributed by atoms with Gasteiger partial charge in [-0.2, -0.15) is 0 Å². The van der Waals surface area contributed by atoms with Gasteiger partial charge in [0.2, 0.25) is 0 Å². The molecule has 0 atom stereocenters. The molecular weight excluding hydrogens is 246 g/mol. The van der Waals surface area contributed by atoms with Gasteiger partial charge in [-0.15, -0.1) is 0 Å². The van der Waals surface area contributed by atoms with Crippen LogP contribution in [-0.2, 0) is 19.4 Å². The van der Waals surface area contributed by atoms with E-state index in [0.717, 1.165) is 36.5 Å². The number of rotatable bonds is 3. The number of hydrogen-bond acceptors (Lipinski definition) is 3. The molecule has 0 aliphatic carbocycles. The van der Waals surface area contributed by atoms with Crippen LogP contribution in [-0.4, -0.2) is 11.5 Å². The molecule has 0 unspecified atom stereocenters. The van der Waals surface area contributed by atoms with Crippen molar-refractivity contribution in [1.82, 2.24) is 4.98 Å². The lowest BCUT2D eigenvalue weighted by Crippen LogP contribution is -2.25. The Labute approximate surface area is 120 Å². The molecule has 3 heteroatoms. The molecule has 0 radical (unpaired) electrons. The van der Waals surface area contributed by atoms with Crippen molar-refractivity contribution in [1.29, 1.82) is 0 Å². The summed E-state index contributed by atoms with van der Waals surface area (Å²) in [6, 6.07) is 12.9. The normalized spacial score (nSPS) is 14.2. The number of pyridine rings is 1. The standard InChI is InChI=1S/C17H21N3/c1-2-15-10-13(12-18)11-17(19-15)20-9-5-7-14-6-3-4-8-16(14)20/h3-4,6,8,10-11H,2,5,7,9,12,18H2,1H3. The first-order chi connectivity index (χ1) is 9.81.